The Balaban J connectivity index is -0.0000000490. The van der Waals surface area contributed by atoms with E-state index in [-0.39, 0.29) is 60.7 Å². The summed E-state index contributed by atoms with van der Waals surface area (Å²) in [6.45, 7) is 1.53. The van der Waals surface area contributed by atoms with Crippen LogP contribution >= 0.6 is 87.1 Å². The Morgan fingerprint density at radius 3 is 1.18 bits per heavy atom. The van der Waals surface area contributed by atoms with E-state index in [0.717, 1.165) is 0 Å². The molecule has 0 aliphatic rings. The van der Waals surface area contributed by atoms with Crippen LogP contribution in [0.5, 0.6) is 0 Å². The quantitative estimate of drug-likeness (QED) is 0.0799. The van der Waals surface area contributed by atoms with Gasteiger partial charge in [0.1, 0.15) is 6.61 Å². The Labute approximate surface area is 282 Å². The number of rotatable bonds is 8. The van der Waals surface area contributed by atoms with E-state index < -0.39 is 30.0 Å². The van der Waals surface area contributed by atoms with Crippen LogP contribution in [-0.4, -0.2) is 104 Å². The average Bonchev–Trinajstić information content (AvgIpc) is 2.59. The van der Waals surface area contributed by atoms with Crippen molar-refractivity contribution >= 4 is 141 Å². The molecule has 9 radical (unpaired) electrons. The number of aliphatic hydroxyl groups excluding tert-OH is 2. The number of hydrogen-bond donors (Lipinski definition) is 3. The second-order valence-corrected chi connectivity index (χ2v) is 22.4. The topological polar surface area (TPSA) is 224 Å². The summed E-state index contributed by atoms with van der Waals surface area (Å²) in [5.41, 5.74) is -1.33. The zero-order chi connectivity index (χ0) is 32.6. The second-order valence-electron chi connectivity index (χ2n) is 4.62. The summed E-state index contributed by atoms with van der Waals surface area (Å²) < 4.78 is -3.69. The first-order valence-corrected chi connectivity index (χ1v) is 16.8. The Kier molecular flexibility index (Phi) is 61.8. The minimum absolute atomic E-state index is 0. The first kappa shape index (κ1) is 59.1. The predicted molar refractivity (Wildman–Crippen MR) is 155 cm³/mol. The van der Waals surface area contributed by atoms with Gasteiger partial charge < -0.3 is 34.6 Å². The molecule has 0 saturated heterocycles. The minimum Gasteiger partial charge on any atom is -0.396 e. The van der Waals surface area contributed by atoms with Crippen molar-refractivity contribution in [1.29, 1.82) is 0 Å². The molecular weight excluding hydrogens is 839 g/mol. The molecule has 0 aliphatic heterocycles. The van der Waals surface area contributed by atoms with Gasteiger partial charge in [-0.1, -0.05) is 27.5 Å². The van der Waals surface area contributed by atoms with Crippen molar-refractivity contribution < 1.29 is 72.0 Å². The first-order chi connectivity index (χ1) is 16.8. The molecule has 0 fully saturated rings. The van der Waals surface area contributed by atoms with Crippen LogP contribution < -0.4 is 0 Å². The number of carbonyl (C=O) groups excluding carboxylic acids is 4. The molecule has 27 heteroatoms. The largest absolute Gasteiger partial charge is 0.396 e. The van der Waals surface area contributed by atoms with E-state index in [1.807, 2.05) is 0 Å². The molecule has 0 heterocycles. The summed E-state index contributed by atoms with van der Waals surface area (Å²) in [7, 11) is 18.2. The number of aliphatic hydroxyl groups is 2. The van der Waals surface area contributed by atoms with Gasteiger partial charge in [0, 0.05) is 60.2 Å². The van der Waals surface area contributed by atoms with E-state index in [1.54, 1.807) is 6.92 Å². The van der Waals surface area contributed by atoms with Gasteiger partial charge in [0.2, 0.25) is 0 Å². The molecule has 0 spiro atoms. The third kappa shape index (κ3) is 324. The predicted octanol–water partition coefficient (Wildman–Crippen LogP) is 3.28. The first-order valence-electron chi connectivity index (χ1n) is 8.57. The molecule has 0 unspecified atom stereocenters. The smallest absolute Gasteiger partial charge is 0.294 e. The Hall–Kier alpha value is 0.650. The van der Waals surface area contributed by atoms with Gasteiger partial charge in [-0.25, -0.2) is 0 Å². The minimum atomic E-state index is -3.69. The maximum atomic E-state index is 9.90. The van der Waals surface area contributed by atoms with Gasteiger partial charge in [-0.2, -0.15) is 0 Å². The molecule has 0 atom stereocenters. The van der Waals surface area contributed by atoms with Crippen molar-refractivity contribution in [2.24, 2.45) is 0 Å². The Bertz CT molecular complexity index is 609. The van der Waals surface area contributed by atoms with E-state index in [9.17, 15) is 24.5 Å². The molecule has 0 aliphatic carbocycles. The molecule has 227 valence electrons. The Morgan fingerprint density at radius 2 is 1.10 bits per heavy atom. The van der Waals surface area contributed by atoms with Gasteiger partial charge in [0.15, 0.2) is 36.5 Å². The molecule has 0 amide bonds. The third-order valence-electron chi connectivity index (χ3n) is 1.24. The summed E-state index contributed by atoms with van der Waals surface area (Å²) in [6, 6.07) is 0. The van der Waals surface area contributed by atoms with Crippen molar-refractivity contribution in [3.63, 3.8) is 0 Å². The van der Waals surface area contributed by atoms with Gasteiger partial charge in [-0.15, -0.1) is 20.2 Å². The van der Waals surface area contributed by atoms with Gasteiger partial charge in [-0.05, 0) is 6.92 Å². The van der Waals surface area contributed by atoms with E-state index in [0.29, 0.717) is 11.8 Å². The van der Waals surface area contributed by atoms with Gasteiger partial charge in [0.25, 0.3) is 10.2 Å². The average molecular weight is 859 g/mol. The summed E-state index contributed by atoms with van der Waals surface area (Å²) in [5.74, 6) is 0. The molecule has 0 aromatic carbocycles. The summed E-state index contributed by atoms with van der Waals surface area (Å²) in [6.07, 6.45) is 0.376. The number of alkyl halides is 1. The van der Waals surface area contributed by atoms with Gasteiger partial charge in [-0.3, -0.25) is 4.79 Å². The van der Waals surface area contributed by atoms with E-state index in [1.165, 1.54) is 0 Å². The summed E-state index contributed by atoms with van der Waals surface area (Å²) >= 11 is 32.4. The zero-order valence-corrected chi connectivity index (χ0v) is 28.1. The van der Waals surface area contributed by atoms with Crippen molar-refractivity contribution in [1.82, 2.24) is 0 Å². The van der Waals surface area contributed by atoms with E-state index >= 15 is 0 Å². The molecule has 0 bridgehead atoms. The van der Waals surface area contributed by atoms with Crippen molar-refractivity contribution in [2.75, 3.05) is 25.2 Å². The molecular formula is C12H20AgB4BrCl6N2O12P. The van der Waals surface area contributed by atoms with Crippen molar-refractivity contribution in [2.45, 2.75) is 26.2 Å². The molecule has 3 N–H and O–H groups in total. The van der Waals surface area contributed by atoms with Crippen LogP contribution in [0, 0.1) is 20.2 Å². The van der Waals surface area contributed by atoms with E-state index in [2.05, 4.69) is 55.9 Å². The van der Waals surface area contributed by atoms with Gasteiger partial charge >= 0.3 is 59.6 Å². The monoisotopic (exact) mass is 855 g/mol. The van der Waals surface area contributed by atoms with E-state index in [4.69, 9.17) is 94.4 Å². The molecule has 0 rings (SSSR count). The molecule has 0 aromatic rings. The Morgan fingerprint density at radius 1 is 0.872 bits per heavy atom. The third-order valence-corrected chi connectivity index (χ3v) is 1.64. The molecule has 39 heavy (non-hydrogen) atoms. The fourth-order valence-electron chi connectivity index (χ4n) is 0.424. The maximum Gasteiger partial charge on any atom is 0.294 e. The molecule has 14 nitrogen and oxygen atoms in total. The summed E-state index contributed by atoms with van der Waals surface area (Å²) in [5, 5.41) is 37.4. The van der Waals surface area contributed by atoms with Crippen LogP contribution in [0.4, 0.5) is 4.79 Å². The van der Waals surface area contributed by atoms with Crippen LogP contribution in [0.2, 0.25) is 0 Å². The zero-order valence-electron chi connectivity index (χ0n) is 19.6. The van der Waals surface area contributed by atoms with Crippen molar-refractivity contribution in [3.05, 3.63) is 20.2 Å². The van der Waals surface area contributed by atoms with Crippen LogP contribution in [-0.2, 0) is 41.6 Å². The molecule has 0 saturated carbocycles. The fourth-order valence-corrected chi connectivity index (χ4v) is 0.815. The normalized spacial score (nSPS) is 9.13. The second kappa shape index (κ2) is 40.8. The number of halogens is 7. The number of nitrogens with zero attached hydrogens (tertiary/aromatic N) is 2. The van der Waals surface area contributed by atoms with Crippen LogP contribution in [0.1, 0.15) is 26.2 Å². The fraction of sp³-hybridized carbons (Fsp3) is 0.667. The standard InChI is InChI=1S/C3H4BBrO.C3H4BNO4.C3H5BO2.C2H6O.CBClO.Ag.Cl5P.HNO3/c4-3(6)1-2-5;4-3(6)1-2-9-5(7)8;4-3(6)1-2-5;1-2-3;2-1(3)4;;1-6(2,3,4)5;2-1(3)4/h1-2H2;1-2H2;5H,1-2H2;3H,2H2,1H3;;;;(H,2,3,4). The van der Waals surface area contributed by atoms with Crippen molar-refractivity contribution in [3.8, 4) is 0 Å². The van der Waals surface area contributed by atoms with Crippen LogP contribution in [0.3, 0.4) is 0 Å². The molecule has 0 aromatic heterocycles. The SMILES string of the molecule is CCO.ClP(Cl)(Cl)(Cl)Cl.O=[N+]([O-])O.[Ag].[B]C(=O)CCBr.[B]C(=O)CCO.[B]C(=O)CCO[N+](=O)[O-].[B]C(=O)Cl. The number of hydrogen-bond acceptors (Lipinski definition) is 11. The van der Waals surface area contributed by atoms with Gasteiger partial charge in [0.05, 0.1) is 17.0 Å². The van der Waals surface area contributed by atoms with Crippen LogP contribution in [0.15, 0.2) is 0 Å². The number of carbonyl (C=O) groups is 4. The maximum absolute atomic E-state index is 9.90. The van der Waals surface area contributed by atoms with Crippen LogP contribution in [0.25, 0.3) is 0 Å². The summed E-state index contributed by atoms with van der Waals surface area (Å²) in [4.78, 5) is 59.9.